The van der Waals surface area contributed by atoms with Gasteiger partial charge < -0.3 is 19.5 Å². The third kappa shape index (κ3) is 4.99. The minimum absolute atomic E-state index is 0.0881. The summed E-state index contributed by atoms with van der Waals surface area (Å²) in [6, 6.07) is 11.9. The Kier molecular flexibility index (Phi) is 6.00. The number of hydrogen-bond acceptors (Lipinski definition) is 5. The lowest BCUT2D eigenvalue weighted by atomic mass is 9.76. The SMILES string of the molecule is CCCOC1(C)CC(C)(C)c2ccc(Oc3ccc(NC(=O)NO)cc3)cc2O1. The minimum atomic E-state index is -0.707. The van der Waals surface area contributed by atoms with Crippen LogP contribution in [0.25, 0.3) is 0 Å². The number of fused-ring (bicyclic) bond motifs is 1. The van der Waals surface area contributed by atoms with Crippen LogP contribution in [-0.2, 0) is 10.2 Å². The summed E-state index contributed by atoms with van der Waals surface area (Å²) in [7, 11) is 0. The maximum Gasteiger partial charge on any atom is 0.342 e. The summed E-state index contributed by atoms with van der Waals surface area (Å²) in [5.74, 6) is 1.34. The molecule has 0 saturated heterocycles. The molecule has 0 aliphatic carbocycles. The number of nitrogens with one attached hydrogen (secondary N) is 2. The number of urea groups is 1. The van der Waals surface area contributed by atoms with Crippen molar-refractivity contribution in [1.29, 1.82) is 0 Å². The highest BCUT2D eigenvalue weighted by Crippen LogP contribution is 2.46. The molecule has 1 aliphatic heterocycles. The van der Waals surface area contributed by atoms with Crippen molar-refractivity contribution in [2.24, 2.45) is 0 Å². The number of amides is 2. The van der Waals surface area contributed by atoms with Gasteiger partial charge >= 0.3 is 6.03 Å². The van der Waals surface area contributed by atoms with Crippen molar-refractivity contribution in [3.8, 4) is 17.2 Å². The second kappa shape index (κ2) is 8.31. The van der Waals surface area contributed by atoms with E-state index in [1.807, 2.05) is 25.1 Å². The Bertz CT molecular complexity index is 866. The molecule has 0 aromatic heterocycles. The lowest BCUT2D eigenvalue weighted by molar-refractivity contribution is -0.191. The van der Waals surface area contributed by atoms with Crippen LogP contribution in [0, 0.1) is 0 Å². The second-order valence-electron chi connectivity index (χ2n) is 8.00. The molecule has 29 heavy (non-hydrogen) atoms. The van der Waals surface area contributed by atoms with Gasteiger partial charge in [-0.2, -0.15) is 0 Å². The van der Waals surface area contributed by atoms with Gasteiger partial charge in [-0.05, 0) is 42.2 Å². The van der Waals surface area contributed by atoms with Crippen molar-refractivity contribution in [1.82, 2.24) is 5.48 Å². The molecule has 0 fully saturated rings. The van der Waals surface area contributed by atoms with Gasteiger partial charge in [0.15, 0.2) is 0 Å². The molecule has 2 aromatic rings. The first kappa shape index (κ1) is 21.0. The highest BCUT2D eigenvalue weighted by molar-refractivity contribution is 5.88. The lowest BCUT2D eigenvalue weighted by Crippen LogP contribution is -2.46. The van der Waals surface area contributed by atoms with Crippen molar-refractivity contribution in [3.05, 3.63) is 48.0 Å². The van der Waals surface area contributed by atoms with E-state index in [-0.39, 0.29) is 5.41 Å². The third-order valence-electron chi connectivity index (χ3n) is 4.83. The van der Waals surface area contributed by atoms with Gasteiger partial charge in [-0.25, -0.2) is 10.3 Å². The van der Waals surface area contributed by atoms with E-state index in [0.717, 1.165) is 24.2 Å². The van der Waals surface area contributed by atoms with E-state index in [2.05, 4.69) is 26.1 Å². The van der Waals surface area contributed by atoms with Gasteiger partial charge in [-0.3, -0.25) is 5.21 Å². The minimum Gasteiger partial charge on any atom is -0.462 e. The van der Waals surface area contributed by atoms with E-state index in [0.29, 0.717) is 23.8 Å². The predicted molar refractivity (Wildman–Crippen MR) is 110 cm³/mol. The summed E-state index contributed by atoms with van der Waals surface area (Å²) >= 11 is 0. The molecule has 3 N–H and O–H groups in total. The molecule has 0 saturated carbocycles. The first-order chi connectivity index (χ1) is 13.7. The number of hydroxylamine groups is 1. The van der Waals surface area contributed by atoms with Crippen LogP contribution in [0.3, 0.4) is 0 Å². The van der Waals surface area contributed by atoms with Gasteiger partial charge in [0.05, 0.1) is 6.61 Å². The number of hydrogen-bond donors (Lipinski definition) is 3. The van der Waals surface area contributed by atoms with Crippen LogP contribution in [0.5, 0.6) is 17.2 Å². The number of ether oxygens (including phenoxy) is 3. The van der Waals surface area contributed by atoms with Gasteiger partial charge in [0.1, 0.15) is 17.2 Å². The Morgan fingerprint density at radius 2 is 1.83 bits per heavy atom. The fourth-order valence-corrected chi connectivity index (χ4v) is 3.68. The lowest BCUT2D eigenvalue weighted by Gasteiger charge is -2.43. The van der Waals surface area contributed by atoms with Crippen LogP contribution in [0.15, 0.2) is 42.5 Å². The Hall–Kier alpha value is -2.77. The number of benzene rings is 2. The quantitative estimate of drug-likeness (QED) is 0.458. The molecular weight excluding hydrogens is 372 g/mol. The summed E-state index contributed by atoms with van der Waals surface area (Å²) in [6.07, 6.45) is 1.70. The number of carbonyl (C=O) groups is 1. The smallest absolute Gasteiger partial charge is 0.342 e. The zero-order valence-corrected chi connectivity index (χ0v) is 17.2. The van der Waals surface area contributed by atoms with Crippen molar-refractivity contribution >= 4 is 11.7 Å². The van der Waals surface area contributed by atoms with Crippen molar-refractivity contribution in [3.63, 3.8) is 0 Å². The summed E-state index contributed by atoms with van der Waals surface area (Å²) < 4.78 is 18.2. The summed E-state index contributed by atoms with van der Waals surface area (Å²) in [5, 5.41) is 11.0. The van der Waals surface area contributed by atoms with Crippen LogP contribution >= 0.6 is 0 Å². The molecule has 1 aliphatic rings. The van der Waals surface area contributed by atoms with Gasteiger partial charge in [0, 0.05) is 30.7 Å². The van der Waals surface area contributed by atoms with E-state index >= 15 is 0 Å². The molecule has 2 amide bonds. The van der Waals surface area contributed by atoms with Crippen LogP contribution in [0.4, 0.5) is 10.5 Å². The van der Waals surface area contributed by atoms with E-state index in [4.69, 9.17) is 19.4 Å². The Morgan fingerprint density at radius 1 is 1.14 bits per heavy atom. The predicted octanol–water partition coefficient (Wildman–Crippen LogP) is 5.19. The molecule has 1 atom stereocenters. The molecule has 7 heteroatoms. The van der Waals surface area contributed by atoms with Gasteiger partial charge in [0.2, 0.25) is 5.79 Å². The second-order valence-corrected chi connectivity index (χ2v) is 8.00. The topological polar surface area (TPSA) is 89.1 Å². The molecule has 0 bridgehead atoms. The zero-order chi connectivity index (χ0) is 21.1. The van der Waals surface area contributed by atoms with Gasteiger partial charge in [-0.15, -0.1) is 0 Å². The third-order valence-corrected chi connectivity index (χ3v) is 4.83. The first-order valence-corrected chi connectivity index (χ1v) is 9.71. The van der Waals surface area contributed by atoms with Crippen LogP contribution in [-0.4, -0.2) is 23.6 Å². The maximum atomic E-state index is 11.1. The van der Waals surface area contributed by atoms with E-state index in [9.17, 15) is 4.79 Å². The fourth-order valence-electron chi connectivity index (χ4n) is 3.68. The van der Waals surface area contributed by atoms with Crippen LogP contribution in [0.1, 0.15) is 46.1 Å². The highest BCUT2D eigenvalue weighted by Gasteiger charge is 2.42. The maximum absolute atomic E-state index is 11.1. The Balaban J connectivity index is 1.78. The summed E-state index contributed by atoms with van der Waals surface area (Å²) in [6.45, 7) is 9.09. The Labute approximate surface area is 170 Å². The highest BCUT2D eigenvalue weighted by atomic mass is 16.7. The van der Waals surface area contributed by atoms with Crippen LogP contribution in [0.2, 0.25) is 0 Å². The first-order valence-electron chi connectivity index (χ1n) is 9.71. The summed E-state index contributed by atoms with van der Waals surface area (Å²) in [5.41, 5.74) is 3.08. The molecule has 3 rings (SSSR count). The number of rotatable bonds is 6. The molecule has 7 nitrogen and oxygen atoms in total. The van der Waals surface area contributed by atoms with Crippen molar-refractivity contribution in [2.45, 2.75) is 51.7 Å². The zero-order valence-electron chi connectivity index (χ0n) is 17.2. The van der Waals surface area contributed by atoms with Crippen molar-refractivity contribution in [2.75, 3.05) is 11.9 Å². The van der Waals surface area contributed by atoms with Crippen LogP contribution < -0.4 is 20.3 Å². The average Bonchev–Trinajstić information content (AvgIpc) is 2.67. The van der Waals surface area contributed by atoms with Gasteiger partial charge in [0.25, 0.3) is 0 Å². The molecule has 0 spiro atoms. The summed E-state index contributed by atoms with van der Waals surface area (Å²) in [4.78, 5) is 11.1. The largest absolute Gasteiger partial charge is 0.462 e. The van der Waals surface area contributed by atoms with Crippen molar-refractivity contribution < 1.29 is 24.2 Å². The molecular formula is C22H28N2O5. The standard InChI is InChI=1S/C22H28N2O5/c1-5-12-27-22(4)14-21(2,3)18-11-10-17(13-19(18)29-22)28-16-8-6-15(7-9-16)23-20(25)24-26/h6-11,13,26H,5,12,14H2,1-4H3,(H2,23,24,25). The Morgan fingerprint density at radius 3 is 2.48 bits per heavy atom. The molecule has 1 unspecified atom stereocenters. The molecule has 0 radical (unpaired) electrons. The van der Waals surface area contributed by atoms with E-state index in [1.54, 1.807) is 24.3 Å². The molecule has 1 heterocycles. The fraction of sp³-hybridized carbons (Fsp3) is 0.409. The monoisotopic (exact) mass is 400 g/mol. The van der Waals surface area contributed by atoms with Gasteiger partial charge in [-0.1, -0.05) is 26.8 Å². The normalized spacial score (nSPS) is 19.6. The van der Waals surface area contributed by atoms with E-state index in [1.165, 1.54) is 5.48 Å². The number of carbonyl (C=O) groups excluding carboxylic acids is 1. The molecule has 2 aromatic carbocycles. The number of anilines is 1. The molecule has 156 valence electrons. The average molecular weight is 400 g/mol. The van der Waals surface area contributed by atoms with E-state index < -0.39 is 11.8 Å².